The van der Waals surface area contributed by atoms with Gasteiger partial charge in [0.05, 0.1) is 17.2 Å². The molecule has 2 saturated heterocycles. The Kier molecular flexibility index (Phi) is 14.6. The number of nitrogens with one attached hydrogen (secondary N) is 2. The summed E-state index contributed by atoms with van der Waals surface area (Å²) in [6, 6.07) is 31.9. The molecule has 0 aliphatic carbocycles. The number of esters is 2. The maximum absolute atomic E-state index is 14.1. The molecule has 330 valence electrons. The normalized spacial score (nSPS) is 20.2. The summed E-state index contributed by atoms with van der Waals surface area (Å²) < 4.78 is 71.0. The topological polar surface area (TPSA) is 138 Å². The van der Waals surface area contributed by atoms with E-state index in [0.717, 1.165) is 22.5 Å². The molecule has 15 heteroatoms. The van der Waals surface area contributed by atoms with Gasteiger partial charge in [0, 0.05) is 39.3 Å². The van der Waals surface area contributed by atoms with Crippen LogP contribution < -0.4 is 21.0 Å². The number of carbonyl (C=O) groups is 4. The van der Waals surface area contributed by atoms with Crippen LogP contribution in [0.4, 0.5) is 18.0 Å². The first-order valence-corrected chi connectivity index (χ1v) is 22.6. The molecule has 0 spiro atoms. The van der Waals surface area contributed by atoms with Gasteiger partial charge < -0.3 is 34.0 Å². The molecule has 2 aliphatic rings. The maximum atomic E-state index is 14.1. The van der Waals surface area contributed by atoms with Gasteiger partial charge in [-0.15, -0.1) is 0 Å². The van der Waals surface area contributed by atoms with Gasteiger partial charge in [0.15, 0.2) is 0 Å². The molecular weight excluding hydrogens is 822 g/mol. The number of hydrogen-bond acceptors (Lipinski definition) is 9. The smallest absolute Gasteiger partial charge is 0.416 e. The summed E-state index contributed by atoms with van der Waals surface area (Å²) in [7, 11) is -2.79. The Bertz CT molecular complexity index is 2120. The third-order valence-corrected chi connectivity index (χ3v) is 16.4. The van der Waals surface area contributed by atoms with Gasteiger partial charge >= 0.3 is 24.2 Å². The van der Waals surface area contributed by atoms with E-state index in [-0.39, 0.29) is 43.0 Å². The number of unbranched alkanes of at least 4 members (excludes halogenated alkanes) is 1. The van der Waals surface area contributed by atoms with Crippen LogP contribution in [-0.4, -0.2) is 75.4 Å². The number of halogens is 3. The van der Waals surface area contributed by atoms with Crippen molar-refractivity contribution in [1.29, 1.82) is 0 Å². The van der Waals surface area contributed by atoms with Gasteiger partial charge in [-0.25, -0.2) is 9.59 Å². The molecule has 0 saturated carbocycles. The minimum atomic E-state index is -4.72. The first-order valence-electron chi connectivity index (χ1n) is 20.7. The van der Waals surface area contributed by atoms with E-state index in [1.54, 1.807) is 24.3 Å². The lowest BCUT2D eigenvalue weighted by atomic mass is 9.78. The second-order valence-corrected chi connectivity index (χ2v) is 21.1. The van der Waals surface area contributed by atoms with Crippen LogP contribution in [0.2, 0.25) is 5.04 Å². The number of rotatable bonds is 17. The van der Waals surface area contributed by atoms with E-state index in [2.05, 4.69) is 55.7 Å². The summed E-state index contributed by atoms with van der Waals surface area (Å²) >= 11 is 0. The van der Waals surface area contributed by atoms with Gasteiger partial charge in [-0.1, -0.05) is 118 Å². The molecule has 2 N–H and O–H groups in total. The molecule has 6 rings (SSSR count). The van der Waals surface area contributed by atoms with E-state index in [1.165, 1.54) is 13.0 Å². The maximum Gasteiger partial charge on any atom is 0.416 e. The molecule has 0 radical (unpaired) electrons. The van der Waals surface area contributed by atoms with E-state index in [4.69, 9.17) is 23.4 Å². The lowest BCUT2D eigenvalue weighted by Crippen LogP contribution is -2.66. The Morgan fingerprint density at radius 2 is 1.48 bits per heavy atom. The number of alkyl carbamates (subject to hydrolysis) is 1. The number of ether oxygens (including phenoxy) is 4. The summed E-state index contributed by atoms with van der Waals surface area (Å²) in [5.41, 5.74) is -2.33. The predicted molar refractivity (Wildman–Crippen MR) is 227 cm³/mol. The van der Waals surface area contributed by atoms with Crippen molar-refractivity contribution in [2.24, 2.45) is 0 Å². The SMILES string of the molecule is CC(=O)O[C@H]1C[C@H]2O[C@@H]1C[C@]2(C[C@H](NC(=O)OCc1ccccc1)C(=O)NCCCCO[Si](c1ccccc1)(c1ccccc1)C(C)(C)C)OC(=O)c1cccc(C(F)(F)F)c1. The number of amides is 2. The molecule has 0 unspecified atom stereocenters. The molecule has 2 aliphatic heterocycles. The number of carbonyl (C=O) groups excluding carboxylic acids is 4. The quantitative estimate of drug-likeness (QED) is 0.0487. The van der Waals surface area contributed by atoms with Gasteiger partial charge in [0.1, 0.15) is 30.5 Å². The lowest BCUT2D eigenvalue weighted by molar-refractivity contribution is -0.150. The standard InChI is InChI=1S/C47H53F3N2O9Si/c1-32(53)59-39-28-41-46(30-40(39)60-41,61-43(55)34-19-16-20-35(27-34)47(48,49)50)29-38(52-44(56)57-31-33-17-8-5-9-18-33)42(54)51-25-14-15-26-58-62(45(2,3)4,36-21-10-6-11-22-36)37-23-12-7-13-24-37/h5-13,16-24,27,38-41H,14-15,25-26,28-31H2,1-4H3,(H,51,54)(H,52,56)/t38-,39-,40+,41+,46-/m0/s1. The molecule has 4 aromatic rings. The van der Waals surface area contributed by atoms with Crippen molar-refractivity contribution in [3.05, 3.63) is 132 Å². The van der Waals surface area contributed by atoms with Crippen LogP contribution in [0.3, 0.4) is 0 Å². The third-order valence-electron chi connectivity index (χ3n) is 11.3. The van der Waals surface area contributed by atoms with Crippen LogP contribution in [-0.2, 0) is 45.7 Å². The molecule has 2 fully saturated rings. The Morgan fingerprint density at radius 3 is 2.05 bits per heavy atom. The van der Waals surface area contributed by atoms with Crippen molar-refractivity contribution in [2.75, 3.05) is 13.2 Å². The highest BCUT2D eigenvalue weighted by molar-refractivity contribution is 6.99. The van der Waals surface area contributed by atoms with Gasteiger partial charge in [-0.3, -0.25) is 9.59 Å². The summed E-state index contributed by atoms with van der Waals surface area (Å²) in [5.74, 6) is -2.24. The largest absolute Gasteiger partial charge is 0.460 e. The fourth-order valence-corrected chi connectivity index (χ4v) is 13.1. The Morgan fingerprint density at radius 1 is 0.855 bits per heavy atom. The summed E-state index contributed by atoms with van der Waals surface area (Å²) in [6.07, 6.45) is -7.20. The average molecular weight is 875 g/mol. The van der Waals surface area contributed by atoms with Crippen molar-refractivity contribution in [2.45, 2.75) is 108 Å². The molecule has 11 nitrogen and oxygen atoms in total. The Balaban J connectivity index is 1.19. The van der Waals surface area contributed by atoms with Crippen LogP contribution in [0, 0.1) is 0 Å². The fourth-order valence-electron chi connectivity index (χ4n) is 8.48. The highest BCUT2D eigenvalue weighted by atomic mass is 28.4. The van der Waals surface area contributed by atoms with E-state index in [9.17, 15) is 32.3 Å². The number of benzene rings is 4. The highest BCUT2D eigenvalue weighted by Gasteiger charge is 2.61. The fraction of sp³-hybridized carbons (Fsp3) is 0.404. The van der Waals surface area contributed by atoms with Gasteiger partial charge in [-0.2, -0.15) is 13.2 Å². The third kappa shape index (κ3) is 10.9. The second kappa shape index (κ2) is 19.7. The minimum Gasteiger partial charge on any atom is -0.460 e. The molecule has 5 atom stereocenters. The van der Waals surface area contributed by atoms with Crippen molar-refractivity contribution in [3.63, 3.8) is 0 Å². The zero-order valence-corrected chi connectivity index (χ0v) is 36.2. The van der Waals surface area contributed by atoms with Gasteiger partial charge in [-0.05, 0) is 52.0 Å². The lowest BCUT2D eigenvalue weighted by Gasteiger charge is -2.43. The minimum absolute atomic E-state index is 0.0651. The number of hydrogen-bond donors (Lipinski definition) is 2. The van der Waals surface area contributed by atoms with Crippen LogP contribution in [0.5, 0.6) is 0 Å². The molecular formula is C47H53F3N2O9Si. The monoisotopic (exact) mass is 874 g/mol. The zero-order chi connectivity index (χ0) is 44.5. The molecule has 62 heavy (non-hydrogen) atoms. The summed E-state index contributed by atoms with van der Waals surface area (Å²) in [4.78, 5) is 53.0. The van der Waals surface area contributed by atoms with Gasteiger partial charge in [0.25, 0.3) is 8.32 Å². The Labute approximate surface area is 360 Å². The van der Waals surface area contributed by atoms with E-state index >= 15 is 0 Å². The highest BCUT2D eigenvalue weighted by Crippen LogP contribution is 2.48. The van der Waals surface area contributed by atoms with E-state index < -0.39 is 74.0 Å². The van der Waals surface area contributed by atoms with Crippen molar-refractivity contribution >= 4 is 42.6 Å². The average Bonchev–Trinajstić information content (AvgIpc) is 3.80. The zero-order valence-electron chi connectivity index (χ0n) is 35.2. The first kappa shape index (κ1) is 46.0. The molecule has 2 amide bonds. The van der Waals surface area contributed by atoms with Crippen molar-refractivity contribution < 1.29 is 55.7 Å². The molecule has 4 aromatic carbocycles. The first-order chi connectivity index (χ1) is 29.5. The molecule has 2 heterocycles. The van der Waals surface area contributed by atoms with Crippen LogP contribution in [0.15, 0.2) is 115 Å². The van der Waals surface area contributed by atoms with Crippen LogP contribution >= 0.6 is 0 Å². The molecule has 2 bridgehead atoms. The molecule has 0 aromatic heterocycles. The predicted octanol–water partition coefficient (Wildman–Crippen LogP) is 7.25. The summed E-state index contributed by atoms with van der Waals surface area (Å²) in [5, 5.41) is 7.61. The van der Waals surface area contributed by atoms with E-state index in [0.29, 0.717) is 31.1 Å². The van der Waals surface area contributed by atoms with Crippen molar-refractivity contribution in [1.82, 2.24) is 10.6 Å². The van der Waals surface area contributed by atoms with Crippen molar-refractivity contribution in [3.8, 4) is 0 Å². The van der Waals surface area contributed by atoms with E-state index in [1.807, 2.05) is 42.5 Å². The number of alkyl halides is 3. The second-order valence-electron chi connectivity index (χ2n) is 16.8. The summed E-state index contributed by atoms with van der Waals surface area (Å²) in [6.45, 7) is 8.35. The number of fused-ring (bicyclic) bond motifs is 2. The van der Waals surface area contributed by atoms with Crippen LogP contribution in [0.1, 0.15) is 81.3 Å². The van der Waals surface area contributed by atoms with Gasteiger partial charge in [0.2, 0.25) is 5.91 Å². The Hall–Kier alpha value is -5.51. The van der Waals surface area contributed by atoms with Crippen LogP contribution in [0.25, 0.3) is 0 Å².